The van der Waals surface area contributed by atoms with E-state index >= 15 is 0 Å². The predicted octanol–water partition coefficient (Wildman–Crippen LogP) is 3.34. The summed E-state index contributed by atoms with van der Waals surface area (Å²) in [6, 6.07) is 2.04. The van der Waals surface area contributed by atoms with Crippen molar-refractivity contribution in [2.24, 2.45) is 0 Å². The normalized spacial score (nSPS) is 11.8. The molecule has 2 heteroatoms. The summed E-state index contributed by atoms with van der Waals surface area (Å²) < 4.78 is 0. The van der Waals surface area contributed by atoms with Crippen molar-refractivity contribution in [2.75, 3.05) is 0 Å². The third-order valence-electron chi connectivity index (χ3n) is 1.82. The lowest BCUT2D eigenvalue weighted by molar-refractivity contribution is 0.568. The van der Waals surface area contributed by atoms with Gasteiger partial charge in [-0.15, -0.1) is 0 Å². The average Bonchev–Trinajstić information content (AvgIpc) is 1.92. The van der Waals surface area contributed by atoms with Gasteiger partial charge in [-0.05, 0) is 18.6 Å². The van der Waals surface area contributed by atoms with Gasteiger partial charge in [-0.25, -0.2) is 0 Å². The van der Waals surface area contributed by atoms with Crippen LogP contribution in [0.4, 0.5) is 0 Å². The minimum atomic E-state index is 0.106. The summed E-state index contributed by atoms with van der Waals surface area (Å²) in [7, 11) is 0. The molecule has 66 valence electrons. The molecule has 0 aliphatic heterocycles. The first-order chi connectivity index (χ1) is 5.41. The Balaban J connectivity index is 3.14. The topological polar surface area (TPSA) is 12.9 Å². The van der Waals surface area contributed by atoms with E-state index in [1.54, 1.807) is 6.20 Å². The van der Waals surface area contributed by atoms with Gasteiger partial charge in [-0.1, -0.05) is 32.4 Å². The lowest BCUT2D eigenvalue weighted by Gasteiger charge is -2.18. The Morgan fingerprint density at radius 3 is 2.33 bits per heavy atom. The number of pyridine rings is 1. The molecule has 1 heterocycles. The molecule has 1 nitrogen and oxygen atoms in total. The second-order valence-corrected chi connectivity index (χ2v) is 4.48. The van der Waals surface area contributed by atoms with Crippen LogP contribution < -0.4 is 0 Å². The van der Waals surface area contributed by atoms with E-state index < -0.39 is 0 Å². The van der Waals surface area contributed by atoms with Crippen LogP contribution >= 0.6 is 11.6 Å². The molecule has 1 rings (SSSR count). The Morgan fingerprint density at radius 1 is 1.33 bits per heavy atom. The molecule has 0 fully saturated rings. The first-order valence-electron chi connectivity index (χ1n) is 4.04. The number of aryl methyl sites for hydroxylation is 1. The van der Waals surface area contributed by atoms with Crippen molar-refractivity contribution < 1.29 is 0 Å². The van der Waals surface area contributed by atoms with Crippen LogP contribution in [0.2, 0.25) is 5.02 Å². The van der Waals surface area contributed by atoms with Crippen LogP contribution in [0, 0.1) is 6.92 Å². The third-order valence-corrected chi connectivity index (χ3v) is 2.21. The Hall–Kier alpha value is -0.560. The van der Waals surface area contributed by atoms with E-state index in [9.17, 15) is 0 Å². The summed E-state index contributed by atoms with van der Waals surface area (Å²) in [5, 5.41) is 0.739. The van der Waals surface area contributed by atoms with E-state index in [2.05, 4.69) is 25.8 Å². The van der Waals surface area contributed by atoms with E-state index in [1.807, 2.05) is 13.0 Å². The number of aromatic nitrogens is 1. The maximum absolute atomic E-state index is 5.87. The second kappa shape index (κ2) is 3.06. The van der Waals surface area contributed by atoms with Crippen LogP contribution in [0.15, 0.2) is 12.3 Å². The van der Waals surface area contributed by atoms with Gasteiger partial charge in [-0.2, -0.15) is 0 Å². The van der Waals surface area contributed by atoms with Gasteiger partial charge in [-0.3, -0.25) is 4.98 Å². The number of hydrogen-bond acceptors (Lipinski definition) is 1. The first kappa shape index (κ1) is 9.53. The summed E-state index contributed by atoms with van der Waals surface area (Å²) in [6.45, 7) is 8.42. The highest BCUT2D eigenvalue weighted by molar-refractivity contribution is 6.31. The molecule has 0 bridgehead atoms. The highest BCUT2D eigenvalue weighted by Gasteiger charge is 2.15. The molecule has 0 atom stereocenters. The van der Waals surface area contributed by atoms with Crippen LogP contribution in [0.1, 0.15) is 32.0 Å². The maximum atomic E-state index is 5.87. The second-order valence-electron chi connectivity index (χ2n) is 4.07. The largest absolute Gasteiger partial charge is 0.259 e. The highest BCUT2D eigenvalue weighted by Crippen LogP contribution is 2.23. The van der Waals surface area contributed by atoms with Crippen LogP contribution in [0.3, 0.4) is 0 Å². The molecular formula is C10H14ClN. The van der Waals surface area contributed by atoms with Crippen LogP contribution in [-0.2, 0) is 5.41 Å². The third kappa shape index (κ3) is 1.98. The van der Waals surface area contributed by atoms with Gasteiger partial charge < -0.3 is 0 Å². The predicted molar refractivity (Wildman–Crippen MR) is 52.7 cm³/mol. The smallest absolute Gasteiger partial charge is 0.0618 e. The van der Waals surface area contributed by atoms with E-state index in [-0.39, 0.29) is 5.41 Å². The zero-order valence-corrected chi connectivity index (χ0v) is 8.74. The fourth-order valence-electron chi connectivity index (χ4n) is 0.949. The molecule has 0 saturated heterocycles. The molecule has 0 aliphatic carbocycles. The van der Waals surface area contributed by atoms with E-state index in [0.717, 1.165) is 16.3 Å². The van der Waals surface area contributed by atoms with Crippen molar-refractivity contribution in [3.63, 3.8) is 0 Å². The molecule has 1 aromatic heterocycles. The summed E-state index contributed by atoms with van der Waals surface area (Å²) in [4.78, 5) is 4.28. The van der Waals surface area contributed by atoms with E-state index in [0.29, 0.717) is 0 Å². The quantitative estimate of drug-likeness (QED) is 0.601. The minimum Gasteiger partial charge on any atom is -0.259 e. The van der Waals surface area contributed by atoms with E-state index in [1.165, 1.54) is 0 Å². The van der Waals surface area contributed by atoms with Crippen LogP contribution in [0.5, 0.6) is 0 Å². The standard InChI is InChI=1S/C10H14ClN/c1-7-5-9(10(2,3)4)12-6-8(7)11/h5-6H,1-4H3. The molecule has 0 radical (unpaired) electrons. The highest BCUT2D eigenvalue weighted by atomic mass is 35.5. The van der Waals surface area contributed by atoms with Crippen molar-refractivity contribution in [1.29, 1.82) is 0 Å². The van der Waals surface area contributed by atoms with Gasteiger partial charge in [0.2, 0.25) is 0 Å². The monoisotopic (exact) mass is 183 g/mol. The average molecular weight is 184 g/mol. The fourth-order valence-corrected chi connectivity index (χ4v) is 1.05. The number of rotatable bonds is 0. The zero-order valence-electron chi connectivity index (χ0n) is 7.98. The SMILES string of the molecule is Cc1cc(C(C)(C)C)ncc1Cl. The van der Waals surface area contributed by atoms with Gasteiger partial charge >= 0.3 is 0 Å². The summed E-state index contributed by atoms with van der Waals surface area (Å²) >= 11 is 5.87. The molecular weight excluding hydrogens is 170 g/mol. The number of nitrogens with zero attached hydrogens (tertiary/aromatic N) is 1. The summed E-state index contributed by atoms with van der Waals surface area (Å²) in [6.07, 6.45) is 1.72. The summed E-state index contributed by atoms with van der Waals surface area (Å²) in [5.74, 6) is 0. The van der Waals surface area contributed by atoms with Crippen LogP contribution in [0.25, 0.3) is 0 Å². The van der Waals surface area contributed by atoms with Gasteiger partial charge in [0.15, 0.2) is 0 Å². The summed E-state index contributed by atoms with van der Waals surface area (Å²) in [5.41, 5.74) is 2.29. The maximum Gasteiger partial charge on any atom is 0.0618 e. The minimum absolute atomic E-state index is 0.106. The van der Waals surface area contributed by atoms with Crippen molar-refractivity contribution in [3.05, 3.63) is 28.5 Å². The molecule has 0 N–H and O–H groups in total. The lowest BCUT2D eigenvalue weighted by Crippen LogP contribution is -2.13. The molecule has 0 aromatic carbocycles. The lowest BCUT2D eigenvalue weighted by atomic mass is 9.91. The Kier molecular flexibility index (Phi) is 2.43. The van der Waals surface area contributed by atoms with Crippen molar-refractivity contribution >= 4 is 11.6 Å². The fraction of sp³-hybridized carbons (Fsp3) is 0.500. The van der Waals surface area contributed by atoms with Gasteiger partial charge in [0.05, 0.1) is 5.02 Å². The van der Waals surface area contributed by atoms with Gasteiger partial charge in [0.1, 0.15) is 0 Å². The van der Waals surface area contributed by atoms with Crippen molar-refractivity contribution in [2.45, 2.75) is 33.1 Å². The Bertz CT molecular complexity index is 286. The first-order valence-corrected chi connectivity index (χ1v) is 4.41. The molecule has 0 aliphatic rings. The Labute approximate surface area is 78.8 Å². The van der Waals surface area contributed by atoms with Crippen molar-refractivity contribution in [1.82, 2.24) is 4.98 Å². The Morgan fingerprint density at radius 2 is 1.92 bits per heavy atom. The molecule has 1 aromatic rings. The van der Waals surface area contributed by atoms with Crippen molar-refractivity contribution in [3.8, 4) is 0 Å². The van der Waals surface area contributed by atoms with Gasteiger partial charge in [0, 0.05) is 17.3 Å². The zero-order chi connectivity index (χ0) is 9.35. The van der Waals surface area contributed by atoms with Crippen LogP contribution in [-0.4, -0.2) is 4.98 Å². The van der Waals surface area contributed by atoms with E-state index in [4.69, 9.17) is 11.6 Å². The molecule has 0 amide bonds. The molecule has 0 unspecified atom stereocenters. The number of halogens is 1. The molecule has 0 spiro atoms. The number of hydrogen-bond donors (Lipinski definition) is 0. The van der Waals surface area contributed by atoms with Gasteiger partial charge in [0.25, 0.3) is 0 Å². The molecule has 12 heavy (non-hydrogen) atoms. The molecule has 0 saturated carbocycles.